The molecule has 3 heterocycles. The van der Waals surface area contributed by atoms with E-state index in [-0.39, 0.29) is 5.91 Å². The highest BCUT2D eigenvalue weighted by Crippen LogP contribution is 2.22. The number of morpholine rings is 1. The van der Waals surface area contributed by atoms with Crippen molar-refractivity contribution in [3.63, 3.8) is 0 Å². The second-order valence-electron chi connectivity index (χ2n) is 9.43. The van der Waals surface area contributed by atoms with Gasteiger partial charge in [-0.2, -0.15) is 0 Å². The standard InChI is InChI=1S/C25H39N5O2/c1-26-25(30-12-9-23(20-30)19-28-13-15-32-16-14-28)27-18-24(31)29-10-7-22(8-11-29)17-21-5-3-2-4-6-21/h2-6,22-23H,7-20H2,1H3,(H,26,27). The van der Waals surface area contributed by atoms with Crippen LogP contribution in [0.2, 0.25) is 0 Å². The van der Waals surface area contributed by atoms with E-state index in [0.29, 0.717) is 18.4 Å². The quantitative estimate of drug-likeness (QED) is 0.538. The van der Waals surface area contributed by atoms with E-state index in [1.807, 2.05) is 11.9 Å². The van der Waals surface area contributed by atoms with Crippen molar-refractivity contribution in [1.29, 1.82) is 0 Å². The third-order valence-electron chi connectivity index (χ3n) is 7.15. The number of piperidine rings is 1. The fourth-order valence-corrected chi connectivity index (χ4v) is 5.26. The Kier molecular flexibility index (Phi) is 8.40. The van der Waals surface area contributed by atoms with Crippen molar-refractivity contribution in [1.82, 2.24) is 20.0 Å². The SMILES string of the molecule is CN=C(NCC(=O)N1CCC(Cc2ccccc2)CC1)N1CCC(CN2CCOCC2)C1. The Balaban J connectivity index is 1.16. The van der Waals surface area contributed by atoms with Crippen molar-refractivity contribution in [2.75, 3.05) is 72.6 Å². The zero-order valence-corrected chi connectivity index (χ0v) is 19.5. The molecule has 1 unspecified atom stereocenters. The summed E-state index contributed by atoms with van der Waals surface area (Å²) in [5, 5.41) is 3.33. The Labute approximate surface area is 192 Å². The minimum absolute atomic E-state index is 0.188. The summed E-state index contributed by atoms with van der Waals surface area (Å²) in [6, 6.07) is 10.7. The number of nitrogens with one attached hydrogen (secondary N) is 1. The van der Waals surface area contributed by atoms with Crippen molar-refractivity contribution in [3.05, 3.63) is 35.9 Å². The third kappa shape index (κ3) is 6.45. The van der Waals surface area contributed by atoms with Crippen LogP contribution >= 0.6 is 0 Å². The lowest BCUT2D eigenvalue weighted by Gasteiger charge is -2.32. The number of benzene rings is 1. The average molecular weight is 442 g/mol. The number of amides is 1. The minimum Gasteiger partial charge on any atom is -0.379 e. The summed E-state index contributed by atoms with van der Waals surface area (Å²) in [4.78, 5) is 24.1. The molecule has 1 aromatic carbocycles. The molecule has 7 heteroatoms. The number of carbonyl (C=O) groups is 1. The predicted octanol–water partition coefficient (Wildman–Crippen LogP) is 1.70. The first-order chi connectivity index (χ1) is 15.7. The number of ether oxygens (including phenoxy) is 1. The van der Waals surface area contributed by atoms with E-state index >= 15 is 0 Å². The molecule has 3 aliphatic rings. The van der Waals surface area contributed by atoms with Crippen LogP contribution in [0.5, 0.6) is 0 Å². The number of likely N-dealkylation sites (tertiary alicyclic amines) is 2. The van der Waals surface area contributed by atoms with Crippen LogP contribution in [0.25, 0.3) is 0 Å². The number of hydrogen-bond acceptors (Lipinski definition) is 4. The van der Waals surface area contributed by atoms with Gasteiger partial charge in [-0.3, -0.25) is 14.7 Å². The molecule has 0 aromatic heterocycles. The zero-order valence-electron chi connectivity index (χ0n) is 19.5. The molecule has 176 valence electrons. The van der Waals surface area contributed by atoms with Crippen LogP contribution in [-0.4, -0.2) is 99.2 Å². The van der Waals surface area contributed by atoms with E-state index in [1.165, 1.54) is 12.0 Å². The molecule has 1 aromatic rings. The van der Waals surface area contributed by atoms with Crippen molar-refractivity contribution in [2.24, 2.45) is 16.8 Å². The summed E-state index contributed by atoms with van der Waals surface area (Å²) < 4.78 is 5.46. The van der Waals surface area contributed by atoms with Crippen molar-refractivity contribution in [3.8, 4) is 0 Å². The summed E-state index contributed by atoms with van der Waals surface area (Å²) in [6.45, 7) is 9.00. The fraction of sp³-hybridized carbons (Fsp3) is 0.680. The topological polar surface area (TPSA) is 60.4 Å². The Hall–Kier alpha value is -2.12. The lowest BCUT2D eigenvalue weighted by molar-refractivity contribution is -0.131. The molecule has 1 N–H and O–H groups in total. The number of hydrogen-bond donors (Lipinski definition) is 1. The molecule has 3 aliphatic heterocycles. The first kappa shape index (κ1) is 23.1. The summed E-state index contributed by atoms with van der Waals surface area (Å²) >= 11 is 0. The van der Waals surface area contributed by atoms with E-state index < -0.39 is 0 Å². The minimum atomic E-state index is 0.188. The van der Waals surface area contributed by atoms with Gasteiger partial charge in [0.15, 0.2) is 5.96 Å². The largest absolute Gasteiger partial charge is 0.379 e. The maximum atomic E-state index is 12.8. The normalized spacial score (nSPS) is 23.5. The van der Waals surface area contributed by atoms with Crippen molar-refractivity contribution in [2.45, 2.75) is 25.7 Å². The molecule has 0 saturated carbocycles. The Morgan fingerprint density at radius 2 is 1.69 bits per heavy atom. The highest BCUT2D eigenvalue weighted by atomic mass is 16.5. The van der Waals surface area contributed by atoms with Gasteiger partial charge >= 0.3 is 0 Å². The van der Waals surface area contributed by atoms with Crippen LogP contribution in [-0.2, 0) is 16.0 Å². The lowest BCUT2D eigenvalue weighted by Crippen LogP contribution is -2.48. The molecular formula is C25H39N5O2. The molecule has 1 atom stereocenters. The molecule has 32 heavy (non-hydrogen) atoms. The van der Waals surface area contributed by atoms with Crippen molar-refractivity contribution < 1.29 is 9.53 Å². The van der Waals surface area contributed by atoms with E-state index in [1.54, 1.807) is 0 Å². The van der Waals surface area contributed by atoms with Gasteiger partial charge in [-0.1, -0.05) is 30.3 Å². The molecule has 7 nitrogen and oxygen atoms in total. The van der Waals surface area contributed by atoms with E-state index in [9.17, 15) is 4.79 Å². The second-order valence-corrected chi connectivity index (χ2v) is 9.43. The molecule has 3 saturated heterocycles. The average Bonchev–Trinajstić information content (AvgIpc) is 3.29. The predicted molar refractivity (Wildman–Crippen MR) is 128 cm³/mol. The van der Waals surface area contributed by atoms with Gasteiger partial charge < -0.3 is 19.9 Å². The summed E-state index contributed by atoms with van der Waals surface area (Å²) in [6.07, 6.45) is 4.48. The molecule has 0 radical (unpaired) electrons. The molecular weight excluding hydrogens is 402 g/mol. The maximum Gasteiger partial charge on any atom is 0.241 e. The first-order valence-electron chi connectivity index (χ1n) is 12.3. The van der Waals surface area contributed by atoms with Gasteiger partial charge in [-0.05, 0) is 43.1 Å². The summed E-state index contributed by atoms with van der Waals surface area (Å²) in [5.41, 5.74) is 1.40. The summed E-state index contributed by atoms with van der Waals surface area (Å²) in [5.74, 6) is 2.39. The number of guanidine groups is 1. The van der Waals surface area contributed by atoms with Crippen LogP contribution < -0.4 is 5.32 Å². The van der Waals surface area contributed by atoms with Crippen LogP contribution in [0.4, 0.5) is 0 Å². The molecule has 0 bridgehead atoms. The molecule has 4 rings (SSSR count). The van der Waals surface area contributed by atoms with Crippen LogP contribution in [0.3, 0.4) is 0 Å². The van der Waals surface area contributed by atoms with Gasteiger partial charge in [0.05, 0.1) is 19.8 Å². The zero-order chi connectivity index (χ0) is 22.2. The Morgan fingerprint density at radius 3 is 2.41 bits per heavy atom. The highest BCUT2D eigenvalue weighted by molar-refractivity contribution is 5.86. The van der Waals surface area contributed by atoms with Gasteiger partial charge in [-0.15, -0.1) is 0 Å². The van der Waals surface area contributed by atoms with Crippen molar-refractivity contribution >= 4 is 11.9 Å². The Morgan fingerprint density at radius 1 is 1.00 bits per heavy atom. The lowest BCUT2D eigenvalue weighted by atomic mass is 9.90. The van der Waals surface area contributed by atoms with E-state index in [2.05, 4.69) is 50.4 Å². The van der Waals surface area contributed by atoms with E-state index in [0.717, 1.165) is 84.2 Å². The highest BCUT2D eigenvalue weighted by Gasteiger charge is 2.28. The van der Waals surface area contributed by atoms with Gasteiger partial charge in [-0.25, -0.2) is 0 Å². The molecule has 0 spiro atoms. The van der Waals surface area contributed by atoms with Crippen LogP contribution in [0.15, 0.2) is 35.3 Å². The molecule has 1 amide bonds. The molecule has 3 fully saturated rings. The van der Waals surface area contributed by atoms with Gasteiger partial charge in [0, 0.05) is 52.9 Å². The third-order valence-corrected chi connectivity index (χ3v) is 7.15. The van der Waals surface area contributed by atoms with Crippen LogP contribution in [0, 0.1) is 11.8 Å². The fourth-order valence-electron chi connectivity index (χ4n) is 5.26. The van der Waals surface area contributed by atoms with Gasteiger partial charge in [0.2, 0.25) is 5.91 Å². The van der Waals surface area contributed by atoms with Gasteiger partial charge in [0.25, 0.3) is 0 Å². The summed E-state index contributed by atoms with van der Waals surface area (Å²) in [7, 11) is 1.82. The monoisotopic (exact) mass is 441 g/mol. The second kappa shape index (κ2) is 11.7. The Bertz CT molecular complexity index is 742. The van der Waals surface area contributed by atoms with Crippen LogP contribution in [0.1, 0.15) is 24.8 Å². The molecule has 0 aliphatic carbocycles. The number of carbonyl (C=O) groups excluding carboxylic acids is 1. The number of rotatable bonds is 6. The van der Waals surface area contributed by atoms with E-state index in [4.69, 9.17) is 4.74 Å². The number of aliphatic imine (C=N–C) groups is 1. The van der Waals surface area contributed by atoms with Gasteiger partial charge in [0.1, 0.15) is 0 Å². The first-order valence-corrected chi connectivity index (χ1v) is 12.3. The number of nitrogens with zero attached hydrogens (tertiary/aromatic N) is 4. The smallest absolute Gasteiger partial charge is 0.241 e. The maximum absolute atomic E-state index is 12.8.